The monoisotopic (exact) mass is 305 g/mol. The minimum Gasteiger partial charge on any atom is -0.345 e. The molecule has 21 heavy (non-hydrogen) atoms. The Kier molecular flexibility index (Phi) is 4.24. The van der Waals surface area contributed by atoms with Crippen molar-refractivity contribution in [2.24, 2.45) is 11.8 Å². The summed E-state index contributed by atoms with van der Waals surface area (Å²) in [5.41, 5.74) is 0. The Morgan fingerprint density at radius 3 is 3.00 bits per heavy atom. The number of anilines is 1. The van der Waals surface area contributed by atoms with Gasteiger partial charge in [0.25, 0.3) is 0 Å². The average Bonchev–Trinajstić information content (AvgIpc) is 3.10. The summed E-state index contributed by atoms with van der Waals surface area (Å²) in [4.78, 5) is 11.3. The molecule has 3 rings (SSSR count). The first-order valence-corrected chi connectivity index (χ1v) is 8.45. The van der Waals surface area contributed by atoms with Crippen LogP contribution in [0.4, 0.5) is 5.13 Å². The van der Waals surface area contributed by atoms with Crippen molar-refractivity contribution in [2.45, 2.75) is 39.7 Å². The number of aromatic nitrogens is 4. The van der Waals surface area contributed by atoms with Crippen LogP contribution in [0.3, 0.4) is 0 Å². The fourth-order valence-corrected chi connectivity index (χ4v) is 3.63. The molecule has 114 valence electrons. The molecule has 2 unspecified atom stereocenters. The lowest BCUT2D eigenvalue weighted by Crippen LogP contribution is -2.40. The molecule has 0 radical (unpaired) electrons. The van der Waals surface area contributed by atoms with Crippen LogP contribution in [0.25, 0.3) is 0 Å². The SMILES string of the molecule is CC(C)Cc1nsc(N2CCC(C)C(n3ccnc3)C2)n1. The molecular weight excluding hydrogens is 282 g/mol. The zero-order valence-corrected chi connectivity index (χ0v) is 13.8. The van der Waals surface area contributed by atoms with E-state index < -0.39 is 0 Å². The van der Waals surface area contributed by atoms with Crippen molar-refractivity contribution in [1.29, 1.82) is 0 Å². The van der Waals surface area contributed by atoms with Crippen LogP contribution < -0.4 is 4.90 Å². The molecule has 0 bridgehead atoms. The zero-order chi connectivity index (χ0) is 14.8. The molecule has 0 spiro atoms. The highest BCUT2D eigenvalue weighted by molar-refractivity contribution is 7.09. The minimum atomic E-state index is 0.471. The first kappa shape index (κ1) is 14.5. The fraction of sp³-hybridized carbons (Fsp3) is 0.667. The van der Waals surface area contributed by atoms with E-state index in [4.69, 9.17) is 4.98 Å². The number of rotatable bonds is 4. The second kappa shape index (κ2) is 6.13. The quantitative estimate of drug-likeness (QED) is 0.871. The molecule has 6 heteroatoms. The molecular formula is C15H23N5S. The van der Waals surface area contributed by atoms with Crippen molar-refractivity contribution >= 4 is 16.7 Å². The summed E-state index contributed by atoms with van der Waals surface area (Å²) in [6.45, 7) is 8.81. The van der Waals surface area contributed by atoms with Crippen LogP contribution in [0.5, 0.6) is 0 Å². The van der Waals surface area contributed by atoms with Crippen molar-refractivity contribution in [3.63, 3.8) is 0 Å². The molecule has 0 aromatic carbocycles. The van der Waals surface area contributed by atoms with E-state index in [9.17, 15) is 0 Å². The Bertz CT molecular complexity index is 562. The van der Waals surface area contributed by atoms with Gasteiger partial charge >= 0.3 is 0 Å². The molecule has 2 aromatic rings. The standard InChI is InChI=1S/C15H23N5S/c1-11(2)8-14-17-15(21-18-14)19-6-4-12(3)13(9-19)20-7-5-16-10-20/h5,7,10-13H,4,6,8-9H2,1-3H3. The maximum absolute atomic E-state index is 4.72. The van der Waals surface area contributed by atoms with Gasteiger partial charge in [-0.1, -0.05) is 20.8 Å². The van der Waals surface area contributed by atoms with Gasteiger partial charge in [-0.05, 0) is 18.3 Å². The highest BCUT2D eigenvalue weighted by Gasteiger charge is 2.29. The van der Waals surface area contributed by atoms with Crippen LogP contribution >= 0.6 is 11.5 Å². The lowest BCUT2D eigenvalue weighted by molar-refractivity contribution is 0.298. The summed E-state index contributed by atoms with van der Waals surface area (Å²) in [5, 5.41) is 1.07. The van der Waals surface area contributed by atoms with Gasteiger partial charge in [0, 0.05) is 43.4 Å². The largest absolute Gasteiger partial charge is 0.345 e. The van der Waals surface area contributed by atoms with E-state index in [0.29, 0.717) is 17.9 Å². The van der Waals surface area contributed by atoms with Gasteiger partial charge in [0.2, 0.25) is 5.13 Å². The van der Waals surface area contributed by atoms with Crippen LogP contribution in [0.1, 0.15) is 39.1 Å². The maximum atomic E-state index is 4.72. The summed E-state index contributed by atoms with van der Waals surface area (Å²) in [6, 6.07) is 0.471. The normalized spacial score (nSPS) is 23.0. The Hall–Kier alpha value is -1.43. The Morgan fingerprint density at radius 2 is 2.29 bits per heavy atom. The molecule has 3 heterocycles. The average molecular weight is 305 g/mol. The van der Waals surface area contributed by atoms with Gasteiger partial charge in [0.05, 0.1) is 12.4 Å². The van der Waals surface area contributed by atoms with Gasteiger partial charge < -0.3 is 9.47 Å². The third kappa shape index (κ3) is 3.26. The fourth-order valence-electron chi connectivity index (χ4n) is 2.90. The summed E-state index contributed by atoms with van der Waals surface area (Å²) in [5.74, 6) is 2.26. The summed E-state index contributed by atoms with van der Waals surface area (Å²) in [6.07, 6.45) is 7.99. The van der Waals surface area contributed by atoms with E-state index in [-0.39, 0.29) is 0 Å². The summed E-state index contributed by atoms with van der Waals surface area (Å²) < 4.78 is 6.74. The van der Waals surface area contributed by atoms with Gasteiger partial charge in [0.1, 0.15) is 5.82 Å². The van der Waals surface area contributed by atoms with Crippen LogP contribution in [0, 0.1) is 11.8 Å². The van der Waals surface area contributed by atoms with Gasteiger partial charge in [-0.2, -0.15) is 4.37 Å². The van der Waals surface area contributed by atoms with Crippen LogP contribution in [-0.2, 0) is 6.42 Å². The number of hydrogen-bond donors (Lipinski definition) is 0. The van der Waals surface area contributed by atoms with Crippen LogP contribution in [0.15, 0.2) is 18.7 Å². The lowest BCUT2D eigenvalue weighted by atomic mass is 9.93. The molecule has 0 aliphatic carbocycles. The topological polar surface area (TPSA) is 46.8 Å². The van der Waals surface area contributed by atoms with Gasteiger partial charge in [-0.25, -0.2) is 9.97 Å². The second-order valence-electron chi connectivity index (χ2n) is 6.38. The molecule has 1 fully saturated rings. The molecule has 1 aliphatic rings. The van der Waals surface area contributed by atoms with Gasteiger partial charge in [-0.15, -0.1) is 0 Å². The Labute approximate surface area is 130 Å². The molecule has 2 atom stereocenters. The Morgan fingerprint density at radius 1 is 1.43 bits per heavy atom. The van der Waals surface area contributed by atoms with Crippen molar-refractivity contribution < 1.29 is 0 Å². The van der Waals surface area contributed by atoms with Crippen molar-refractivity contribution in [3.8, 4) is 0 Å². The molecule has 0 amide bonds. The minimum absolute atomic E-state index is 0.471. The van der Waals surface area contributed by atoms with E-state index >= 15 is 0 Å². The summed E-state index contributed by atoms with van der Waals surface area (Å²) >= 11 is 1.54. The molecule has 0 N–H and O–H groups in total. The molecule has 0 saturated carbocycles. The molecule has 2 aromatic heterocycles. The third-order valence-corrected chi connectivity index (χ3v) is 4.96. The van der Waals surface area contributed by atoms with E-state index in [0.717, 1.165) is 30.5 Å². The molecule has 1 aliphatic heterocycles. The van der Waals surface area contributed by atoms with Gasteiger partial charge in [0.15, 0.2) is 0 Å². The maximum Gasteiger partial charge on any atom is 0.205 e. The predicted octanol–water partition coefficient (Wildman–Crippen LogP) is 3.02. The number of nitrogens with zero attached hydrogens (tertiary/aromatic N) is 5. The predicted molar refractivity (Wildman–Crippen MR) is 85.7 cm³/mol. The number of piperidine rings is 1. The smallest absolute Gasteiger partial charge is 0.205 e. The lowest BCUT2D eigenvalue weighted by Gasteiger charge is -2.37. The van der Waals surface area contributed by atoms with E-state index in [1.165, 1.54) is 18.0 Å². The van der Waals surface area contributed by atoms with E-state index in [1.54, 1.807) is 0 Å². The third-order valence-electron chi connectivity index (χ3n) is 4.15. The highest BCUT2D eigenvalue weighted by Crippen LogP contribution is 2.31. The van der Waals surface area contributed by atoms with Crippen molar-refractivity contribution in [2.75, 3.05) is 18.0 Å². The van der Waals surface area contributed by atoms with E-state index in [1.807, 2.05) is 12.5 Å². The Balaban J connectivity index is 1.72. The first-order valence-electron chi connectivity index (χ1n) is 7.68. The highest BCUT2D eigenvalue weighted by atomic mass is 32.1. The number of hydrogen-bond acceptors (Lipinski definition) is 5. The van der Waals surface area contributed by atoms with E-state index in [2.05, 4.69) is 45.8 Å². The van der Waals surface area contributed by atoms with Gasteiger partial charge in [-0.3, -0.25) is 0 Å². The van der Waals surface area contributed by atoms with Crippen LogP contribution in [-0.4, -0.2) is 32.0 Å². The van der Waals surface area contributed by atoms with Crippen LogP contribution in [0.2, 0.25) is 0 Å². The first-order chi connectivity index (χ1) is 10.1. The molecule has 5 nitrogen and oxygen atoms in total. The van der Waals surface area contributed by atoms with Crippen molar-refractivity contribution in [3.05, 3.63) is 24.5 Å². The number of imidazole rings is 1. The van der Waals surface area contributed by atoms with Crippen molar-refractivity contribution in [1.82, 2.24) is 18.9 Å². The molecule has 1 saturated heterocycles. The summed E-state index contributed by atoms with van der Waals surface area (Å²) in [7, 11) is 0. The second-order valence-corrected chi connectivity index (χ2v) is 7.11. The zero-order valence-electron chi connectivity index (χ0n) is 12.9.